The first-order valence-electron chi connectivity index (χ1n) is 51.1. The molecular weight excluding hydrogens is 1780 g/mol. The minimum atomic E-state index is -0.465. The number of hydrogen-bond donors (Lipinski definition) is 0. The van der Waals surface area contributed by atoms with Crippen LogP contribution in [0.5, 0.6) is 0 Å². The van der Waals surface area contributed by atoms with Crippen molar-refractivity contribution < 1.29 is 17.7 Å². The molecule has 0 radical (unpaired) electrons. The molecule has 29 aromatic rings. The lowest BCUT2D eigenvalue weighted by atomic mass is 9.69. The average molecular weight is 1870 g/mol. The van der Waals surface area contributed by atoms with E-state index >= 15 is 0 Å². The summed E-state index contributed by atoms with van der Waals surface area (Å²) >= 11 is 0. The molecule has 0 N–H and O–H groups in total. The van der Waals surface area contributed by atoms with Gasteiger partial charge in [-0.3, -0.25) is 0 Å². The molecule has 4 heteroatoms. The average Bonchev–Trinajstić information content (AvgIpc) is 1.50. The summed E-state index contributed by atoms with van der Waals surface area (Å²) in [6, 6.07) is 179. The number of hydrogen-bond acceptors (Lipinski definition) is 4. The smallest absolute Gasteiger partial charge is 0.136 e. The standard InChI is InChI=1S/C51H32O2.C51H30O.C41H24O/c1-51(2)44-25-34(33-16-19-46-40(23-33)42-21-29-9-3-5-11-31(29)26-48(42)52-46)15-18-38(44)50-37-14-8-7-13-36(37)39(28-45(50)51)35-17-20-47-41(24-35)43-22-30-10-4-6-12-32(30)27-49(43)53-47;1-2-12-31(13-3-1)34-22-24-40-46(28-34)51(44-20-10-8-17-37(44)38-18-9-11-21-45(38)51)47-30-41(36-16-6-7-19-39(36)50(40)47)35-23-25-48-42(27-35)43-26-32-14-4-5-15-33(32)29-49(43)52-48;1-2-10-26-24-40-34(21-25(26)9-1)33-22-27(18-20-39(33)42-40)28-17-19-32-31-13-5-8-16-37(31)41(38(32)23-28)35-14-6-3-11-29(35)30-12-4-7-15-36(30)41/h3-28H,1-2H3;1-30H;1-24H. The highest BCUT2D eigenvalue weighted by atomic mass is 16.3. The van der Waals surface area contributed by atoms with Gasteiger partial charge in [0.1, 0.15) is 44.7 Å². The maximum absolute atomic E-state index is 6.46. The molecule has 0 saturated heterocycles. The van der Waals surface area contributed by atoms with Crippen molar-refractivity contribution in [3.05, 3.63) is 541 Å². The van der Waals surface area contributed by atoms with Crippen molar-refractivity contribution in [1.82, 2.24) is 0 Å². The molecule has 34 rings (SSSR count). The Morgan fingerprint density at radius 3 is 0.755 bits per heavy atom. The maximum Gasteiger partial charge on any atom is 0.136 e. The Bertz CT molecular complexity index is 10700. The largest absolute Gasteiger partial charge is 0.456 e. The summed E-state index contributed by atoms with van der Waals surface area (Å²) in [6.45, 7) is 4.77. The Kier molecular flexibility index (Phi) is 17.1. The third-order valence-corrected chi connectivity index (χ3v) is 33.5. The fraction of sp³-hybridized carbons (Fsp3) is 0.0350. The molecule has 0 saturated carbocycles. The van der Waals surface area contributed by atoms with Crippen molar-refractivity contribution in [3.8, 4) is 111 Å². The van der Waals surface area contributed by atoms with Crippen LogP contribution in [-0.2, 0) is 16.2 Å². The van der Waals surface area contributed by atoms with Crippen LogP contribution in [0.15, 0.2) is 503 Å². The summed E-state index contributed by atoms with van der Waals surface area (Å²) in [6.07, 6.45) is 0. The van der Waals surface area contributed by atoms with E-state index in [1.165, 1.54) is 232 Å². The molecule has 147 heavy (non-hydrogen) atoms. The highest BCUT2D eigenvalue weighted by Crippen LogP contribution is 2.67. The van der Waals surface area contributed by atoms with Crippen LogP contribution in [0.25, 0.3) is 264 Å². The highest BCUT2D eigenvalue weighted by molar-refractivity contribution is 6.19. The van der Waals surface area contributed by atoms with Crippen LogP contribution >= 0.6 is 0 Å². The van der Waals surface area contributed by atoms with Crippen molar-refractivity contribution in [1.29, 1.82) is 0 Å². The Morgan fingerprint density at radius 2 is 0.374 bits per heavy atom. The lowest BCUT2D eigenvalue weighted by molar-refractivity contribution is 0.661. The first-order valence-corrected chi connectivity index (χ1v) is 51.1. The fourth-order valence-corrected chi connectivity index (χ4v) is 26.9. The third kappa shape index (κ3) is 11.7. The van der Waals surface area contributed by atoms with Crippen LogP contribution in [0, 0.1) is 0 Å². The molecule has 2 spiro atoms. The molecule has 4 aromatic heterocycles. The summed E-state index contributed by atoms with van der Waals surface area (Å²) in [5.74, 6) is 0. The van der Waals surface area contributed by atoms with Gasteiger partial charge in [-0.25, -0.2) is 0 Å². The zero-order chi connectivity index (χ0) is 96.4. The second-order valence-electron chi connectivity index (χ2n) is 41.3. The van der Waals surface area contributed by atoms with Crippen molar-refractivity contribution in [2.24, 2.45) is 0 Å². The zero-order valence-electron chi connectivity index (χ0n) is 80.3. The van der Waals surface area contributed by atoms with Crippen molar-refractivity contribution >= 4 is 152 Å². The first-order chi connectivity index (χ1) is 72.5. The summed E-state index contributed by atoms with van der Waals surface area (Å²) in [5, 5.41) is 24.0. The quantitative estimate of drug-likeness (QED) is 0.172. The van der Waals surface area contributed by atoms with Gasteiger partial charge < -0.3 is 17.7 Å². The SMILES string of the molecule is CC1(C)c2cc(-c3ccc4oc5cc6ccccc6cc5c4c3)ccc2-c2c1cc(-c1ccc3oc4cc5ccccc5cc4c3c1)c1ccccc21.c1ccc(-c2ccc3c(c2)C2(c4ccccc4-c4ccccc42)c2cc(-c4ccc5oc6cc7ccccc7cc6c5c4)c4ccccc4c2-3)cc1.c1ccc2c(c1)-c1ccccc1C21c2ccccc2-c2ccc(-c3ccc4oc5cc6ccccc6cc5c4c3)cc21. The monoisotopic (exact) mass is 1870 g/mol. The van der Waals surface area contributed by atoms with E-state index in [2.05, 4.69) is 499 Å². The van der Waals surface area contributed by atoms with E-state index in [0.717, 1.165) is 87.8 Å². The summed E-state index contributed by atoms with van der Waals surface area (Å²) in [5.41, 5.74) is 45.5. The number of rotatable bonds is 5. The minimum Gasteiger partial charge on any atom is -0.456 e. The highest BCUT2D eigenvalue weighted by Gasteiger charge is 2.54. The van der Waals surface area contributed by atoms with Crippen LogP contribution in [-0.4, -0.2) is 0 Å². The van der Waals surface area contributed by atoms with Crippen LogP contribution in [0.2, 0.25) is 0 Å². The van der Waals surface area contributed by atoms with E-state index in [9.17, 15) is 0 Å². The van der Waals surface area contributed by atoms with Crippen LogP contribution in [0.3, 0.4) is 0 Å². The van der Waals surface area contributed by atoms with Gasteiger partial charge in [-0.15, -0.1) is 0 Å². The molecule has 0 unspecified atom stereocenters. The van der Waals surface area contributed by atoms with E-state index in [1.54, 1.807) is 0 Å². The molecule has 0 bridgehead atoms. The number of furan rings is 4. The fourth-order valence-electron chi connectivity index (χ4n) is 26.9. The Morgan fingerprint density at radius 1 is 0.129 bits per heavy atom. The topological polar surface area (TPSA) is 52.6 Å². The zero-order valence-corrected chi connectivity index (χ0v) is 80.3. The van der Waals surface area contributed by atoms with Crippen molar-refractivity contribution in [2.45, 2.75) is 30.1 Å². The van der Waals surface area contributed by atoms with E-state index in [0.29, 0.717) is 0 Å². The summed E-state index contributed by atoms with van der Waals surface area (Å²) < 4.78 is 25.5. The van der Waals surface area contributed by atoms with Gasteiger partial charge in [0.25, 0.3) is 0 Å². The van der Waals surface area contributed by atoms with E-state index in [-0.39, 0.29) is 10.8 Å². The number of fused-ring (bicyclic) bond motifs is 43. The Labute approximate surface area is 846 Å². The second-order valence-corrected chi connectivity index (χ2v) is 41.3. The van der Waals surface area contributed by atoms with E-state index in [4.69, 9.17) is 17.7 Å². The van der Waals surface area contributed by atoms with Gasteiger partial charge >= 0.3 is 0 Å². The van der Waals surface area contributed by atoms with Gasteiger partial charge in [0.15, 0.2) is 0 Å². The van der Waals surface area contributed by atoms with Crippen LogP contribution in [0.1, 0.15) is 69.5 Å². The lowest BCUT2D eigenvalue weighted by Gasteiger charge is -2.31. The predicted molar refractivity (Wildman–Crippen MR) is 611 cm³/mol. The molecule has 682 valence electrons. The van der Waals surface area contributed by atoms with E-state index in [1.807, 2.05) is 0 Å². The molecule has 0 aliphatic heterocycles. The number of benzene rings is 25. The first kappa shape index (κ1) is 81.9. The van der Waals surface area contributed by atoms with Gasteiger partial charge in [-0.05, 0) is 359 Å². The molecule has 0 fully saturated rings. The van der Waals surface area contributed by atoms with Gasteiger partial charge in [-0.2, -0.15) is 0 Å². The molecule has 5 aliphatic carbocycles. The molecule has 5 aliphatic rings. The van der Waals surface area contributed by atoms with Crippen LogP contribution < -0.4 is 0 Å². The Hall–Kier alpha value is -18.7. The van der Waals surface area contributed by atoms with Gasteiger partial charge in [0.2, 0.25) is 0 Å². The van der Waals surface area contributed by atoms with Gasteiger partial charge in [-0.1, -0.05) is 372 Å². The van der Waals surface area contributed by atoms with Gasteiger partial charge in [0, 0.05) is 48.5 Å². The summed E-state index contributed by atoms with van der Waals surface area (Å²) in [7, 11) is 0. The maximum atomic E-state index is 6.46. The second kappa shape index (κ2) is 30.7. The van der Waals surface area contributed by atoms with Crippen LogP contribution in [0.4, 0.5) is 0 Å². The third-order valence-electron chi connectivity index (χ3n) is 33.5. The molecule has 0 amide bonds. The van der Waals surface area contributed by atoms with Crippen molar-refractivity contribution in [3.63, 3.8) is 0 Å². The summed E-state index contributed by atoms with van der Waals surface area (Å²) in [4.78, 5) is 0. The Balaban J connectivity index is 0.0000000987. The molecule has 0 atom stereocenters. The normalized spacial score (nSPS) is 13.7. The molecule has 25 aromatic carbocycles. The molecular formula is C143H86O4. The van der Waals surface area contributed by atoms with Crippen molar-refractivity contribution in [2.75, 3.05) is 0 Å². The molecule has 4 nitrogen and oxygen atoms in total. The predicted octanol–water partition coefficient (Wildman–Crippen LogP) is 38.9. The molecule has 4 heterocycles. The lowest BCUT2D eigenvalue weighted by Crippen LogP contribution is -2.26. The van der Waals surface area contributed by atoms with E-state index < -0.39 is 5.41 Å². The van der Waals surface area contributed by atoms with Gasteiger partial charge in [0.05, 0.1) is 10.8 Å². The minimum absolute atomic E-state index is 0.198.